The van der Waals surface area contributed by atoms with Crippen molar-refractivity contribution in [3.8, 4) is 68.0 Å². The lowest BCUT2D eigenvalue weighted by molar-refractivity contribution is 1.06. The minimum atomic E-state index is 0.639. The first-order valence-electron chi connectivity index (χ1n) is 29.5. The number of fused-ring (bicyclic) bond motifs is 12. The molecule has 0 unspecified atom stereocenters. The molecule has 6 heterocycles. The quantitative estimate of drug-likeness (QED) is 0.151. The number of aromatic nitrogens is 9. The maximum absolute atomic E-state index is 5.13. The van der Waals surface area contributed by atoms with Gasteiger partial charge in [0.2, 0.25) is 0 Å². The zero-order chi connectivity index (χ0) is 58.1. The molecule has 0 amide bonds. The Morgan fingerprint density at radius 2 is 0.455 bits per heavy atom. The van der Waals surface area contributed by atoms with Crippen LogP contribution in [0.3, 0.4) is 0 Å². The van der Waals surface area contributed by atoms with Gasteiger partial charge in [-0.25, -0.2) is 19.9 Å². The first-order chi connectivity index (χ1) is 43.7. The second-order valence-corrected chi connectivity index (χ2v) is 22.1. The van der Waals surface area contributed by atoms with Crippen molar-refractivity contribution >= 4 is 87.2 Å². The molecule has 12 aromatic carbocycles. The summed E-state index contributed by atoms with van der Waals surface area (Å²) in [6, 6.07) is 103. The van der Waals surface area contributed by atoms with E-state index >= 15 is 0 Å². The SMILES string of the molecule is c1cc(-c2cncc(-c3cccc(-n4c5ccccc5c5ccccc54)c3)n2)cc(-n2c3ccccc3c3ccccc32)c1.c1cc(-c2ncnc(-c3cccc(-n4c5ccccc5c5ccccc54)c3)n2)cc(-n2c3ccccc3c3ccccc32)c1. The predicted octanol–water partition coefficient (Wildman–Crippen LogP) is 19.4. The van der Waals surface area contributed by atoms with Crippen LogP contribution < -0.4 is 0 Å². The fourth-order valence-corrected chi connectivity index (χ4v) is 13.2. The highest BCUT2D eigenvalue weighted by molar-refractivity contribution is 6.12. The lowest BCUT2D eigenvalue weighted by atomic mass is 10.1. The molecule has 412 valence electrons. The van der Waals surface area contributed by atoms with Crippen LogP contribution in [0.5, 0.6) is 0 Å². The normalized spacial score (nSPS) is 11.6. The van der Waals surface area contributed by atoms with E-state index in [0.717, 1.165) is 56.4 Å². The minimum Gasteiger partial charge on any atom is -0.309 e. The Morgan fingerprint density at radius 1 is 0.216 bits per heavy atom. The van der Waals surface area contributed by atoms with E-state index in [1.165, 1.54) is 87.2 Å². The second-order valence-electron chi connectivity index (χ2n) is 22.1. The van der Waals surface area contributed by atoms with Crippen molar-refractivity contribution in [2.45, 2.75) is 0 Å². The van der Waals surface area contributed by atoms with Gasteiger partial charge in [0.1, 0.15) is 6.33 Å². The molecule has 88 heavy (non-hydrogen) atoms. The maximum atomic E-state index is 5.13. The van der Waals surface area contributed by atoms with Crippen LogP contribution in [0.4, 0.5) is 0 Å². The summed E-state index contributed by atoms with van der Waals surface area (Å²) < 4.78 is 9.29. The Morgan fingerprint density at radius 3 is 0.727 bits per heavy atom. The zero-order valence-electron chi connectivity index (χ0n) is 47.5. The number of hydrogen-bond acceptors (Lipinski definition) is 5. The van der Waals surface area contributed by atoms with Gasteiger partial charge in [0, 0.05) is 88.1 Å². The van der Waals surface area contributed by atoms with E-state index in [1.807, 2.05) is 12.4 Å². The Balaban J connectivity index is 0.000000137. The summed E-state index contributed by atoms with van der Waals surface area (Å²) >= 11 is 0. The highest BCUT2D eigenvalue weighted by Gasteiger charge is 2.18. The molecule has 0 atom stereocenters. The summed E-state index contributed by atoms with van der Waals surface area (Å²) in [4.78, 5) is 23.9. The molecule has 0 aliphatic heterocycles. The molecule has 0 bridgehead atoms. The Labute approximate surface area is 505 Å². The van der Waals surface area contributed by atoms with Crippen molar-refractivity contribution in [1.82, 2.24) is 43.2 Å². The zero-order valence-corrected chi connectivity index (χ0v) is 47.5. The molecule has 6 aromatic heterocycles. The number of rotatable bonds is 8. The van der Waals surface area contributed by atoms with Gasteiger partial charge in [-0.2, -0.15) is 0 Å². The monoisotopic (exact) mass is 1130 g/mol. The molecule has 0 saturated heterocycles. The molecule has 0 fully saturated rings. The van der Waals surface area contributed by atoms with E-state index in [1.54, 1.807) is 6.33 Å². The molecule has 0 N–H and O–H groups in total. The van der Waals surface area contributed by atoms with Gasteiger partial charge < -0.3 is 18.3 Å². The Bertz CT molecular complexity index is 4830. The van der Waals surface area contributed by atoms with Crippen molar-refractivity contribution in [2.24, 2.45) is 0 Å². The maximum Gasteiger partial charge on any atom is 0.163 e. The van der Waals surface area contributed by atoms with Crippen molar-refractivity contribution < 1.29 is 0 Å². The number of benzene rings is 12. The molecule has 18 rings (SSSR count). The van der Waals surface area contributed by atoms with E-state index in [2.05, 4.69) is 324 Å². The summed E-state index contributed by atoms with van der Waals surface area (Å²) in [5.74, 6) is 1.28. The van der Waals surface area contributed by atoms with Gasteiger partial charge in [0.05, 0.1) is 67.9 Å². The average Bonchev–Trinajstić information content (AvgIpc) is 2.40. The summed E-state index contributed by atoms with van der Waals surface area (Å²) in [5.41, 5.74) is 19.4. The van der Waals surface area contributed by atoms with Crippen LogP contribution in [0.2, 0.25) is 0 Å². The van der Waals surface area contributed by atoms with Crippen molar-refractivity contribution in [3.63, 3.8) is 0 Å². The number of hydrogen-bond donors (Lipinski definition) is 0. The van der Waals surface area contributed by atoms with Crippen LogP contribution in [-0.4, -0.2) is 43.2 Å². The first kappa shape index (κ1) is 50.4. The smallest absolute Gasteiger partial charge is 0.163 e. The van der Waals surface area contributed by atoms with Gasteiger partial charge in [-0.1, -0.05) is 194 Å². The predicted molar refractivity (Wildman–Crippen MR) is 361 cm³/mol. The van der Waals surface area contributed by atoms with Gasteiger partial charge >= 0.3 is 0 Å². The van der Waals surface area contributed by atoms with Crippen LogP contribution in [0.25, 0.3) is 155 Å². The second kappa shape index (κ2) is 20.9. The average molecular weight is 1130 g/mol. The van der Waals surface area contributed by atoms with Gasteiger partial charge in [0.25, 0.3) is 0 Å². The Kier molecular flexibility index (Phi) is 12.0. The molecule has 9 heteroatoms. The van der Waals surface area contributed by atoms with E-state index < -0.39 is 0 Å². The lowest BCUT2D eigenvalue weighted by Gasteiger charge is -2.12. The molecular formula is C79H51N9. The van der Waals surface area contributed by atoms with Gasteiger partial charge in [0.15, 0.2) is 11.6 Å². The molecule has 0 aliphatic carbocycles. The van der Waals surface area contributed by atoms with Crippen LogP contribution in [-0.2, 0) is 0 Å². The topological polar surface area (TPSA) is 84.2 Å². The van der Waals surface area contributed by atoms with Crippen molar-refractivity contribution in [2.75, 3.05) is 0 Å². The summed E-state index contributed by atoms with van der Waals surface area (Å²) in [6.45, 7) is 0. The summed E-state index contributed by atoms with van der Waals surface area (Å²) in [6.07, 6.45) is 5.31. The first-order valence-corrected chi connectivity index (χ1v) is 29.5. The van der Waals surface area contributed by atoms with Crippen LogP contribution in [0, 0.1) is 0 Å². The van der Waals surface area contributed by atoms with Crippen LogP contribution >= 0.6 is 0 Å². The lowest BCUT2D eigenvalue weighted by Crippen LogP contribution is -1.99. The highest BCUT2D eigenvalue weighted by atomic mass is 15.0. The van der Waals surface area contributed by atoms with Gasteiger partial charge in [-0.05, 0) is 97.1 Å². The molecule has 0 radical (unpaired) electrons. The van der Waals surface area contributed by atoms with Crippen LogP contribution in [0.15, 0.2) is 310 Å². The molecule has 0 spiro atoms. The highest BCUT2D eigenvalue weighted by Crippen LogP contribution is 2.38. The third-order valence-electron chi connectivity index (χ3n) is 17.1. The van der Waals surface area contributed by atoms with Crippen molar-refractivity contribution in [3.05, 3.63) is 310 Å². The van der Waals surface area contributed by atoms with E-state index in [-0.39, 0.29) is 0 Å². The molecule has 0 aliphatic rings. The fourth-order valence-electron chi connectivity index (χ4n) is 13.2. The van der Waals surface area contributed by atoms with Crippen LogP contribution in [0.1, 0.15) is 0 Å². The Hall–Kier alpha value is -12.1. The third kappa shape index (κ3) is 8.43. The summed E-state index contributed by atoms with van der Waals surface area (Å²) in [5, 5.41) is 9.94. The van der Waals surface area contributed by atoms with E-state index in [4.69, 9.17) is 9.97 Å². The number of para-hydroxylation sites is 8. The minimum absolute atomic E-state index is 0.639. The fraction of sp³-hybridized carbons (Fsp3) is 0. The van der Waals surface area contributed by atoms with E-state index in [9.17, 15) is 0 Å². The molecule has 18 aromatic rings. The van der Waals surface area contributed by atoms with Gasteiger partial charge in [-0.15, -0.1) is 0 Å². The standard InChI is InChI=1S/C40H26N4.C39H25N5/c1-5-19-37-31(15-1)32-16-2-6-20-38(32)43(37)29-13-9-11-27(23-29)35-25-41-26-36(42-35)28-12-10-14-30(24-28)44-39-21-7-3-17-33(39)34-18-4-8-22-40(34)44;1-5-19-34-30(15-1)31-16-2-6-20-35(31)43(34)28-13-9-11-26(23-28)38-40-25-41-39(42-38)27-12-10-14-29(24-27)44-36-21-7-3-17-32(36)33-18-4-8-22-37(33)44/h1-26H;1-25H. The molecular weight excluding hydrogens is 1070 g/mol. The number of nitrogens with zero attached hydrogens (tertiary/aromatic N) is 9. The summed E-state index contributed by atoms with van der Waals surface area (Å²) in [7, 11) is 0. The van der Waals surface area contributed by atoms with Gasteiger partial charge in [-0.3, -0.25) is 4.98 Å². The molecule has 9 nitrogen and oxygen atoms in total. The van der Waals surface area contributed by atoms with Crippen molar-refractivity contribution in [1.29, 1.82) is 0 Å². The molecule has 0 saturated carbocycles. The van der Waals surface area contributed by atoms with E-state index in [0.29, 0.717) is 11.6 Å². The third-order valence-corrected chi connectivity index (χ3v) is 17.1. The largest absolute Gasteiger partial charge is 0.309 e.